The van der Waals surface area contributed by atoms with E-state index < -0.39 is 0 Å². The van der Waals surface area contributed by atoms with Crippen LogP contribution in [0.1, 0.15) is 12.5 Å². The average Bonchev–Trinajstić information content (AvgIpc) is 2.39. The van der Waals surface area contributed by atoms with Gasteiger partial charge < -0.3 is 0 Å². The first-order valence-corrected chi connectivity index (χ1v) is 5.55. The zero-order chi connectivity index (χ0) is 12.3. The second kappa shape index (κ2) is 4.78. The van der Waals surface area contributed by atoms with Gasteiger partial charge in [0.25, 0.3) is 5.69 Å². The van der Waals surface area contributed by atoms with Crippen LogP contribution in [-0.4, -0.2) is 4.92 Å². The summed E-state index contributed by atoms with van der Waals surface area (Å²) in [5.74, 6) is 0. The van der Waals surface area contributed by atoms with Crippen LogP contribution in [0.2, 0.25) is 0 Å². The molecule has 0 spiro atoms. The first-order valence-electron chi connectivity index (χ1n) is 5.55. The van der Waals surface area contributed by atoms with Crippen molar-refractivity contribution in [3.63, 3.8) is 0 Å². The van der Waals surface area contributed by atoms with E-state index in [0.717, 1.165) is 12.0 Å². The Bertz CT molecular complexity index is 532. The highest BCUT2D eigenvalue weighted by Gasteiger charge is 2.13. The Morgan fingerprint density at radius 1 is 1.06 bits per heavy atom. The van der Waals surface area contributed by atoms with Crippen LogP contribution in [0.3, 0.4) is 0 Å². The Kier molecular flexibility index (Phi) is 3.19. The zero-order valence-electron chi connectivity index (χ0n) is 9.59. The van der Waals surface area contributed by atoms with E-state index in [4.69, 9.17) is 0 Å². The minimum absolute atomic E-state index is 0.150. The van der Waals surface area contributed by atoms with Crippen molar-refractivity contribution in [3.8, 4) is 11.1 Å². The van der Waals surface area contributed by atoms with Crippen molar-refractivity contribution >= 4 is 5.69 Å². The second-order valence-corrected chi connectivity index (χ2v) is 3.82. The number of nitrogens with zero attached hydrogens (tertiary/aromatic N) is 1. The number of nitro benzene ring substituents is 1. The molecule has 3 heteroatoms. The van der Waals surface area contributed by atoms with Crippen LogP contribution in [0.15, 0.2) is 48.5 Å². The molecule has 0 aliphatic heterocycles. The smallest absolute Gasteiger partial charge is 0.258 e. The molecular weight excluding hydrogens is 214 g/mol. The van der Waals surface area contributed by atoms with Crippen LogP contribution >= 0.6 is 0 Å². The van der Waals surface area contributed by atoms with Crippen LogP contribution in [0.25, 0.3) is 11.1 Å². The van der Waals surface area contributed by atoms with Gasteiger partial charge in [-0.15, -0.1) is 0 Å². The molecule has 0 saturated heterocycles. The van der Waals surface area contributed by atoms with Crippen LogP contribution in [0.5, 0.6) is 0 Å². The number of hydrogen-bond acceptors (Lipinski definition) is 2. The SMILES string of the molecule is CCc1ccc(-c2ccccc2[N+](=O)[O-])cc1. The number of rotatable bonds is 3. The van der Waals surface area contributed by atoms with Crippen LogP contribution in [-0.2, 0) is 6.42 Å². The highest BCUT2D eigenvalue weighted by atomic mass is 16.6. The van der Waals surface area contributed by atoms with E-state index in [-0.39, 0.29) is 10.6 Å². The van der Waals surface area contributed by atoms with Crippen LogP contribution in [0, 0.1) is 10.1 Å². The number of hydrogen-bond donors (Lipinski definition) is 0. The summed E-state index contributed by atoms with van der Waals surface area (Å²) in [5.41, 5.74) is 2.93. The molecule has 0 radical (unpaired) electrons. The summed E-state index contributed by atoms with van der Waals surface area (Å²) in [7, 11) is 0. The van der Waals surface area contributed by atoms with Gasteiger partial charge in [-0.05, 0) is 23.6 Å². The lowest BCUT2D eigenvalue weighted by Gasteiger charge is -2.04. The summed E-state index contributed by atoms with van der Waals surface area (Å²) in [6.07, 6.45) is 0.969. The minimum atomic E-state index is -0.344. The number of para-hydroxylation sites is 1. The standard InChI is InChI=1S/C14H13NO2/c1-2-11-7-9-12(10-8-11)13-5-3-4-6-14(13)15(16)17/h3-10H,2H2,1H3. The Balaban J connectivity index is 2.48. The fraction of sp³-hybridized carbons (Fsp3) is 0.143. The van der Waals surface area contributed by atoms with E-state index in [2.05, 4.69) is 6.92 Å². The molecule has 0 N–H and O–H groups in total. The molecule has 86 valence electrons. The van der Waals surface area contributed by atoms with Gasteiger partial charge in [-0.25, -0.2) is 0 Å². The van der Waals surface area contributed by atoms with E-state index in [9.17, 15) is 10.1 Å². The Labute approximate surface area is 99.9 Å². The quantitative estimate of drug-likeness (QED) is 0.590. The van der Waals surface area contributed by atoms with Gasteiger partial charge in [-0.1, -0.05) is 43.3 Å². The topological polar surface area (TPSA) is 43.1 Å². The van der Waals surface area contributed by atoms with Gasteiger partial charge in [0, 0.05) is 6.07 Å². The van der Waals surface area contributed by atoms with Gasteiger partial charge in [-0.2, -0.15) is 0 Å². The normalized spacial score (nSPS) is 10.2. The molecule has 0 heterocycles. The Morgan fingerprint density at radius 3 is 2.29 bits per heavy atom. The molecule has 2 aromatic rings. The zero-order valence-corrected chi connectivity index (χ0v) is 9.59. The fourth-order valence-corrected chi connectivity index (χ4v) is 1.80. The first-order chi connectivity index (χ1) is 8.22. The molecule has 0 fully saturated rings. The number of nitro groups is 1. The maximum absolute atomic E-state index is 10.9. The third-order valence-corrected chi connectivity index (χ3v) is 2.77. The van der Waals surface area contributed by atoms with E-state index in [1.54, 1.807) is 12.1 Å². The van der Waals surface area contributed by atoms with Gasteiger partial charge in [0.1, 0.15) is 0 Å². The molecule has 0 aromatic heterocycles. The largest absolute Gasteiger partial charge is 0.277 e. The second-order valence-electron chi connectivity index (χ2n) is 3.82. The molecule has 2 aromatic carbocycles. The highest BCUT2D eigenvalue weighted by molar-refractivity contribution is 5.73. The summed E-state index contributed by atoms with van der Waals surface area (Å²) in [5, 5.41) is 10.9. The lowest BCUT2D eigenvalue weighted by Crippen LogP contribution is -1.91. The molecule has 0 saturated carbocycles. The summed E-state index contributed by atoms with van der Waals surface area (Å²) in [4.78, 5) is 10.6. The van der Waals surface area contributed by atoms with Gasteiger partial charge in [0.2, 0.25) is 0 Å². The molecule has 0 atom stereocenters. The monoisotopic (exact) mass is 227 g/mol. The highest BCUT2D eigenvalue weighted by Crippen LogP contribution is 2.29. The number of aryl methyl sites for hydroxylation is 1. The minimum Gasteiger partial charge on any atom is -0.258 e. The van der Waals surface area contributed by atoms with Gasteiger partial charge in [0.15, 0.2) is 0 Å². The van der Waals surface area contributed by atoms with Crippen LogP contribution in [0.4, 0.5) is 5.69 Å². The van der Waals surface area contributed by atoms with E-state index in [0.29, 0.717) is 5.56 Å². The molecule has 2 rings (SSSR count). The van der Waals surface area contributed by atoms with Gasteiger partial charge in [0.05, 0.1) is 10.5 Å². The fourth-order valence-electron chi connectivity index (χ4n) is 1.80. The third-order valence-electron chi connectivity index (χ3n) is 2.77. The molecule has 0 bridgehead atoms. The van der Waals surface area contributed by atoms with Crippen molar-refractivity contribution in [1.29, 1.82) is 0 Å². The summed E-state index contributed by atoms with van der Waals surface area (Å²) in [6.45, 7) is 2.08. The first kappa shape index (κ1) is 11.3. The Morgan fingerprint density at radius 2 is 1.71 bits per heavy atom. The molecular formula is C14H13NO2. The van der Waals surface area contributed by atoms with Gasteiger partial charge in [-0.3, -0.25) is 10.1 Å². The summed E-state index contributed by atoms with van der Waals surface area (Å²) < 4.78 is 0. The lowest BCUT2D eigenvalue weighted by molar-refractivity contribution is -0.384. The molecule has 0 aliphatic rings. The van der Waals surface area contributed by atoms with E-state index >= 15 is 0 Å². The molecule has 0 aliphatic carbocycles. The third kappa shape index (κ3) is 2.33. The van der Waals surface area contributed by atoms with Crippen LogP contribution < -0.4 is 0 Å². The van der Waals surface area contributed by atoms with Gasteiger partial charge >= 0.3 is 0 Å². The van der Waals surface area contributed by atoms with Crippen molar-refractivity contribution in [2.75, 3.05) is 0 Å². The predicted molar refractivity (Wildman–Crippen MR) is 67.9 cm³/mol. The average molecular weight is 227 g/mol. The maximum Gasteiger partial charge on any atom is 0.277 e. The lowest BCUT2D eigenvalue weighted by atomic mass is 10.0. The molecule has 17 heavy (non-hydrogen) atoms. The number of benzene rings is 2. The molecule has 0 unspecified atom stereocenters. The Hall–Kier alpha value is -2.16. The van der Waals surface area contributed by atoms with E-state index in [1.165, 1.54) is 11.6 Å². The van der Waals surface area contributed by atoms with Crippen molar-refractivity contribution < 1.29 is 4.92 Å². The summed E-state index contributed by atoms with van der Waals surface area (Å²) >= 11 is 0. The summed E-state index contributed by atoms with van der Waals surface area (Å²) in [6, 6.07) is 14.7. The van der Waals surface area contributed by atoms with E-state index in [1.807, 2.05) is 30.3 Å². The van der Waals surface area contributed by atoms with Crippen molar-refractivity contribution in [3.05, 3.63) is 64.2 Å². The van der Waals surface area contributed by atoms with Crippen molar-refractivity contribution in [2.24, 2.45) is 0 Å². The predicted octanol–water partition coefficient (Wildman–Crippen LogP) is 3.82. The maximum atomic E-state index is 10.9. The molecule has 0 amide bonds. The van der Waals surface area contributed by atoms with Crippen molar-refractivity contribution in [1.82, 2.24) is 0 Å². The van der Waals surface area contributed by atoms with Crippen molar-refractivity contribution in [2.45, 2.75) is 13.3 Å². The molecule has 3 nitrogen and oxygen atoms in total.